The first kappa shape index (κ1) is 95.4. The molecule has 1 amide bonds. The molecule has 3 fully saturated rings. The molecule has 0 spiro atoms. The highest BCUT2D eigenvalue weighted by Gasteiger charge is 2.54. The number of rotatable bonds is 64. The number of ether oxygens (including phenoxy) is 6. The minimum absolute atomic E-state index is 0.229. The minimum atomic E-state index is -1.98. The Kier molecular flexibility index (Phi) is 59.0. The van der Waals surface area contributed by atoms with Crippen LogP contribution in [0.3, 0.4) is 0 Å². The summed E-state index contributed by atoms with van der Waals surface area (Å²) in [6, 6.07) is -0.986. The third-order valence-electron chi connectivity index (χ3n) is 19.8. The lowest BCUT2D eigenvalue weighted by molar-refractivity contribution is -0.379. The molecule has 0 aromatic heterocycles. The van der Waals surface area contributed by atoms with E-state index in [-0.39, 0.29) is 18.9 Å². The summed E-state index contributed by atoms with van der Waals surface area (Å²) < 4.78 is 34.5. The largest absolute Gasteiger partial charge is 0.394 e. The van der Waals surface area contributed by atoms with Gasteiger partial charge in [-0.25, -0.2) is 0 Å². The van der Waals surface area contributed by atoms with Gasteiger partial charge in [-0.05, 0) is 89.9 Å². The predicted octanol–water partition coefficient (Wildman–Crippen LogP) is 14.3. The van der Waals surface area contributed by atoms with E-state index in [1.165, 1.54) is 141 Å². The Morgan fingerprint density at radius 3 is 1.03 bits per heavy atom. The maximum Gasteiger partial charge on any atom is 0.220 e. The van der Waals surface area contributed by atoms with Gasteiger partial charge in [0.15, 0.2) is 18.9 Å². The van der Waals surface area contributed by atoms with Gasteiger partial charge in [-0.1, -0.05) is 309 Å². The van der Waals surface area contributed by atoms with Crippen LogP contribution < -0.4 is 5.32 Å². The van der Waals surface area contributed by atoms with Gasteiger partial charge in [-0.15, -0.1) is 0 Å². The SMILES string of the molecule is CC/C=C\C/C=C\C/C=C\C/C=C\C/C=C\C/C=C\C/C=C\C/C=C\C/C=C\CCCCCCCCCCCC(=O)NC(COC1OC(CO)C(OC2OC(CO)C(OC3OC(CO)C(O)C(O)C3O)C(O)C2O)C(O)C1O)C(O)/C=C/CCCCCCCCCCCCCCCCCCCCCCC. The average Bonchev–Trinajstić information content (AvgIpc) is 0.779. The van der Waals surface area contributed by atoms with E-state index >= 15 is 0 Å². The number of hydrogen-bond donors (Lipinski definition) is 12. The van der Waals surface area contributed by atoms with Crippen LogP contribution in [0.25, 0.3) is 0 Å². The van der Waals surface area contributed by atoms with E-state index in [2.05, 4.69) is 129 Å². The second kappa shape index (κ2) is 65.0. The Bertz CT molecular complexity index is 2370. The van der Waals surface area contributed by atoms with Crippen molar-refractivity contribution < 1.29 is 89.4 Å². The maximum absolute atomic E-state index is 13.5. The molecule has 3 heterocycles. The number of hydrogen-bond acceptors (Lipinski definition) is 18. The monoisotopic (exact) mass is 1480 g/mol. The first-order valence-electron chi connectivity index (χ1n) is 41.3. The zero-order valence-corrected chi connectivity index (χ0v) is 64.7. The number of carbonyl (C=O) groups excluding carboxylic acids is 1. The van der Waals surface area contributed by atoms with Gasteiger partial charge in [0.2, 0.25) is 5.91 Å². The zero-order valence-electron chi connectivity index (χ0n) is 64.7. The molecule has 105 heavy (non-hydrogen) atoms. The van der Waals surface area contributed by atoms with Crippen molar-refractivity contribution in [1.29, 1.82) is 0 Å². The van der Waals surface area contributed by atoms with Crippen molar-refractivity contribution in [3.63, 3.8) is 0 Å². The quantitative estimate of drug-likeness (QED) is 0.0199. The van der Waals surface area contributed by atoms with E-state index < -0.39 is 124 Å². The summed E-state index contributed by atoms with van der Waals surface area (Å²) in [5, 5.41) is 121. The number of unbranched alkanes of at least 4 members (excludes halogenated alkanes) is 30. The number of allylic oxidation sites excluding steroid dienone is 19. The molecule has 19 heteroatoms. The van der Waals surface area contributed by atoms with Gasteiger partial charge in [0, 0.05) is 6.42 Å². The molecule has 0 aromatic carbocycles. The summed E-state index contributed by atoms with van der Waals surface area (Å²) in [6.07, 6.45) is 64.6. The van der Waals surface area contributed by atoms with Crippen LogP contribution in [0.4, 0.5) is 0 Å². The molecule has 3 aliphatic rings. The summed E-state index contributed by atoms with van der Waals surface area (Å²) in [5.41, 5.74) is 0. The second-order valence-corrected chi connectivity index (χ2v) is 28.9. The molecular weight excluding hydrogens is 1330 g/mol. The summed E-state index contributed by atoms with van der Waals surface area (Å²) in [6.45, 7) is 1.63. The van der Waals surface area contributed by atoms with Gasteiger partial charge in [-0.3, -0.25) is 4.79 Å². The molecule has 3 aliphatic heterocycles. The zero-order chi connectivity index (χ0) is 76.0. The summed E-state index contributed by atoms with van der Waals surface area (Å²) in [7, 11) is 0. The third-order valence-corrected chi connectivity index (χ3v) is 19.8. The average molecular weight is 1480 g/mol. The Balaban J connectivity index is 1.37. The molecule has 0 aliphatic carbocycles. The topological polar surface area (TPSA) is 307 Å². The van der Waals surface area contributed by atoms with Crippen molar-refractivity contribution in [3.05, 3.63) is 122 Å². The van der Waals surface area contributed by atoms with Crippen molar-refractivity contribution in [3.8, 4) is 0 Å². The van der Waals surface area contributed by atoms with Gasteiger partial charge in [0.1, 0.15) is 73.2 Å². The first-order chi connectivity index (χ1) is 51.3. The lowest BCUT2D eigenvalue weighted by Crippen LogP contribution is -2.66. The molecule has 604 valence electrons. The third kappa shape index (κ3) is 44.6. The van der Waals surface area contributed by atoms with Crippen LogP contribution in [0.15, 0.2) is 122 Å². The highest BCUT2D eigenvalue weighted by molar-refractivity contribution is 5.76. The molecule has 12 N–H and O–H groups in total. The van der Waals surface area contributed by atoms with Crippen molar-refractivity contribution in [2.24, 2.45) is 0 Å². The van der Waals surface area contributed by atoms with E-state index in [4.69, 9.17) is 28.4 Å². The van der Waals surface area contributed by atoms with Gasteiger partial charge in [-0.2, -0.15) is 0 Å². The number of aliphatic hydroxyl groups excluding tert-OH is 11. The van der Waals surface area contributed by atoms with E-state index in [0.717, 1.165) is 116 Å². The molecule has 19 nitrogen and oxygen atoms in total. The van der Waals surface area contributed by atoms with Crippen molar-refractivity contribution in [2.45, 2.75) is 388 Å². The minimum Gasteiger partial charge on any atom is -0.394 e. The van der Waals surface area contributed by atoms with E-state index in [0.29, 0.717) is 6.42 Å². The van der Waals surface area contributed by atoms with Gasteiger partial charge in [0.25, 0.3) is 0 Å². The second-order valence-electron chi connectivity index (χ2n) is 28.9. The standard InChI is InChI=1S/C86H147NO18/c1-3-5-7-9-11-13-15-17-19-21-23-25-27-28-29-30-31-32-33-34-35-36-37-38-39-40-42-44-46-48-50-52-54-56-58-60-62-64-74(92)87-69(70(91)63-61-59-57-55-53-51-49-47-45-43-41-26-24-22-20-18-16-14-12-10-8-6-4-2)68-100-84-80(98)77(95)82(72(66-89)102-84)105-86-81(99)78(96)83(73(67-90)103-86)104-85-79(97)76(94)75(93)71(65-88)101-85/h5,7,11,13,17,19,23,25,28-29,31-32,34-35,37-38,40,42,61,63,69-73,75-86,88-91,93-99H,3-4,6,8-10,12,14-16,18,20-22,24,26-27,30,33,36,39,41,43-60,62,64-68H2,1-2H3,(H,87,92)/b7-5-,13-11-,19-17-,25-23-,29-28-,32-31-,35-34-,38-37-,42-40-,63-61+. The van der Waals surface area contributed by atoms with E-state index in [9.17, 15) is 61.0 Å². The molecule has 3 saturated heterocycles. The summed E-state index contributed by atoms with van der Waals surface area (Å²) >= 11 is 0. The molecule has 3 rings (SSSR count). The molecular formula is C86H147NO18. The molecule has 0 saturated carbocycles. The van der Waals surface area contributed by atoms with Crippen molar-refractivity contribution in [1.82, 2.24) is 5.32 Å². The first-order valence-corrected chi connectivity index (χ1v) is 41.3. The molecule has 0 bridgehead atoms. The van der Waals surface area contributed by atoms with Crippen LogP contribution in [0.1, 0.15) is 284 Å². The number of amides is 1. The normalized spacial score (nSPS) is 26.4. The summed E-state index contributed by atoms with van der Waals surface area (Å²) in [4.78, 5) is 13.5. The fraction of sp³-hybridized carbons (Fsp3) is 0.756. The van der Waals surface area contributed by atoms with E-state index in [1.807, 2.05) is 6.08 Å². The van der Waals surface area contributed by atoms with Crippen LogP contribution in [0.5, 0.6) is 0 Å². The van der Waals surface area contributed by atoms with Gasteiger partial charge in [0.05, 0.1) is 38.6 Å². The Labute approximate surface area is 633 Å². The highest BCUT2D eigenvalue weighted by atomic mass is 16.8. The Morgan fingerprint density at radius 1 is 0.352 bits per heavy atom. The number of aliphatic hydroxyl groups is 11. The Hall–Kier alpha value is -3.81. The predicted molar refractivity (Wildman–Crippen MR) is 420 cm³/mol. The number of carbonyl (C=O) groups is 1. The fourth-order valence-electron chi connectivity index (χ4n) is 13.2. The molecule has 17 atom stereocenters. The van der Waals surface area contributed by atoms with Crippen molar-refractivity contribution >= 4 is 5.91 Å². The smallest absolute Gasteiger partial charge is 0.220 e. The van der Waals surface area contributed by atoms with Crippen LogP contribution in [-0.4, -0.2) is 193 Å². The van der Waals surface area contributed by atoms with Crippen LogP contribution in [0.2, 0.25) is 0 Å². The van der Waals surface area contributed by atoms with E-state index in [1.54, 1.807) is 6.08 Å². The lowest BCUT2D eigenvalue weighted by atomic mass is 9.96. The Morgan fingerprint density at radius 2 is 0.657 bits per heavy atom. The highest BCUT2D eigenvalue weighted by Crippen LogP contribution is 2.33. The molecule has 0 radical (unpaired) electrons. The van der Waals surface area contributed by atoms with Crippen LogP contribution >= 0.6 is 0 Å². The van der Waals surface area contributed by atoms with Crippen LogP contribution in [-0.2, 0) is 33.2 Å². The molecule has 0 aromatic rings. The number of nitrogens with one attached hydrogen (secondary N) is 1. The fourth-order valence-corrected chi connectivity index (χ4v) is 13.2. The van der Waals surface area contributed by atoms with Gasteiger partial charge < -0.3 is 89.9 Å². The molecule has 17 unspecified atom stereocenters. The van der Waals surface area contributed by atoms with Crippen LogP contribution in [0, 0.1) is 0 Å². The maximum atomic E-state index is 13.5. The lowest BCUT2D eigenvalue weighted by Gasteiger charge is -2.48. The van der Waals surface area contributed by atoms with Crippen molar-refractivity contribution in [2.75, 3.05) is 26.4 Å². The van der Waals surface area contributed by atoms with Gasteiger partial charge >= 0.3 is 0 Å². The summed E-state index contributed by atoms with van der Waals surface area (Å²) in [5.74, 6) is -0.284.